The fourth-order valence-corrected chi connectivity index (χ4v) is 4.72. The van der Waals surface area contributed by atoms with Gasteiger partial charge < -0.3 is 10.1 Å². The second-order valence-corrected chi connectivity index (χ2v) is 10.3. The van der Waals surface area contributed by atoms with Gasteiger partial charge in [0.05, 0.1) is 22.6 Å². The van der Waals surface area contributed by atoms with Gasteiger partial charge in [-0.2, -0.15) is 5.26 Å². The molecule has 1 N–H and O–H groups in total. The number of rotatable bonds is 7. The molecule has 2 aromatic rings. The Kier molecular flexibility index (Phi) is 7.82. The number of hydrogen-bond acceptors (Lipinski definition) is 5. The molecular weight excluding hydrogens is 456 g/mol. The lowest BCUT2D eigenvalue weighted by molar-refractivity contribution is 0.193. The van der Waals surface area contributed by atoms with Crippen molar-refractivity contribution in [2.24, 2.45) is 5.92 Å². The van der Waals surface area contributed by atoms with E-state index in [2.05, 4.69) is 21.2 Å². The van der Waals surface area contributed by atoms with Crippen LogP contribution in [0.3, 0.4) is 0 Å². The Hall–Kier alpha value is -2.37. The number of hydrogen-bond donors (Lipinski definition) is 1. The zero-order chi connectivity index (χ0) is 21.6. The zero-order valence-corrected chi connectivity index (χ0v) is 18.8. The second-order valence-electron chi connectivity index (χ2n) is 7.04. The van der Waals surface area contributed by atoms with E-state index < -0.39 is 27.2 Å². The number of nitrogens with zero attached hydrogens (tertiary/aromatic N) is 1. The molecule has 0 heterocycles. The van der Waals surface area contributed by atoms with E-state index in [-0.39, 0.29) is 11.7 Å². The Morgan fingerprint density at radius 3 is 2.21 bits per heavy atom. The van der Waals surface area contributed by atoms with Crippen LogP contribution in [0, 0.1) is 17.2 Å². The van der Waals surface area contributed by atoms with Crippen LogP contribution in [0.4, 0.5) is 4.79 Å². The molecule has 6 nitrogen and oxygen atoms in total. The summed E-state index contributed by atoms with van der Waals surface area (Å²) in [6.45, 7) is 5.28. The number of amides is 1. The normalized spacial score (nSPS) is 13.4. The molecule has 0 radical (unpaired) electrons. The minimum atomic E-state index is -3.56. The summed E-state index contributed by atoms with van der Waals surface area (Å²) in [5.74, 6) is 0.0267. The molecule has 0 aliphatic carbocycles. The number of carbonyl (C=O) groups is 1. The van der Waals surface area contributed by atoms with E-state index in [1.807, 2.05) is 19.9 Å². The predicted molar refractivity (Wildman–Crippen MR) is 115 cm³/mol. The van der Waals surface area contributed by atoms with E-state index >= 15 is 0 Å². The fourth-order valence-electron chi connectivity index (χ4n) is 2.62. The van der Waals surface area contributed by atoms with Gasteiger partial charge in [0.15, 0.2) is 9.84 Å². The summed E-state index contributed by atoms with van der Waals surface area (Å²) in [7, 11) is -3.56. The highest BCUT2D eigenvalue weighted by Gasteiger charge is 2.29. The van der Waals surface area contributed by atoms with Crippen molar-refractivity contribution in [3.63, 3.8) is 0 Å². The summed E-state index contributed by atoms with van der Waals surface area (Å²) < 4.78 is 31.9. The SMILES string of the molecule is CC(C)[C@@H](CS(=O)(=O)C(C)c1ccc(C#N)cc1)NC(=O)Oc1ccc(Br)cc1. The van der Waals surface area contributed by atoms with Crippen molar-refractivity contribution >= 4 is 31.9 Å². The van der Waals surface area contributed by atoms with Crippen LogP contribution in [0.2, 0.25) is 0 Å². The Morgan fingerprint density at radius 1 is 1.10 bits per heavy atom. The van der Waals surface area contributed by atoms with Gasteiger partial charge >= 0.3 is 6.09 Å². The predicted octanol–water partition coefficient (Wildman–Crippen LogP) is 4.61. The standard InChI is InChI=1S/C21H23BrN2O4S/c1-14(2)20(24-21(25)28-19-10-8-18(22)9-11-19)13-29(26,27)15(3)17-6-4-16(12-23)5-7-17/h4-11,14-15,20H,13H2,1-3H3,(H,24,25)/t15?,20-/m1/s1. The van der Waals surface area contributed by atoms with Crippen LogP contribution in [0.1, 0.15) is 37.1 Å². The number of ether oxygens (including phenoxy) is 1. The van der Waals surface area contributed by atoms with Gasteiger partial charge in [-0.05, 0) is 54.8 Å². The van der Waals surface area contributed by atoms with Crippen molar-refractivity contribution < 1.29 is 17.9 Å². The Bertz CT molecular complexity index is 981. The van der Waals surface area contributed by atoms with Crippen molar-refractivity contribution in [2.75, 3.05) is 5.75 Å². The van der Waals surface area contributed by atoms with Crippen molar-refractivity contribution in [1.29, 1.82) is 5.26 Å². The lowest BCUT2D eigenvalue weighted by Crippen LogP contribution is -2.45. The maximum atomic E-state index is 12.9. The summed E-state index contributed by atoms with van der Waals surface area (Å²) >= 11 is 3.31. The van der Waals surface area contributed by atoms with Crippen molar-refractivity contribution in [3.8, 4) is 11.8 Å². The number of sulfone groups is 1. The summed E-state index contributed by atoms with van der Waals surface area (Å²) in [5.41, 5.74) is 1.07. The first-order valence-electron chi connectivity index (χ1n) is 9.08. The fraction of sp³-hybridized carbons (Fsp3) is 0.333. The maximum absolute atomic E-state index is 12.9. The minimum absolute atomic E-state index is 0.115. The molecule has 2 aromatic carbocycles. The largest absolute Gasteiger partial charge is 0.412 e. The number of halogens is 1. The summed E-state index contributed by atoms with van der Waals surface area (Å²) in [4.78, 5) is 12.2. The van der Waals surface area contributed by atoms with Gasteiger partial charge in [-0.25, -0.2) is 13.2 Å². The van der Waals surface area contributed by atoms with E-state index in [1.165, 1.54) is 0 Å². The summed E-state index contributed by atoms with van der Waals surface area (Å²) in [6.07, 6.45) is -0.702. The third kappa shape index (κ3) is 6.58. The topological polar surface area (TPSA) is 96.3 Å². The number of nitriles is 1. The molecule has 0 fully saturated rings. The van der Waals surface area contributed by atoms with E-state index in [1.54, 1.807) is 55.5 Å². The van der Waals surface area contributed by atoms with E-state index in [0.29, 0.717) is 16.9 Å². The molecule has 2 atom stereocenters. The monoisotopic (exact) mass is 478 g/mol. The molecule has 1 amide bonds. The van der Waals surface area contributed by atoms with Gasteiger partial charge in [0.2, 0.25) is 0 Å². The Morgan fingerprint density at radius 2 is 1.69 bits per heavy atom. The molecular formula is C21H23BrN2O4S. The first kappa shape index (κ1) is 22.9. The first-order chi connectivity index (χ1) is 13.6. The van der Waals surface area contributed by atoms with E-state index in [0.717, 1.165) is 4.47 Å². The molecule has 154 valence electrons. The zero-order valence-electron chi connectivity index (χ0n) is 16.4. The molecule has 0 spiro atoms. The molecule has 0 aliphatic heterocycles. The van der Waals surface area contributed by atoms with Gasteiger partial charge in [-0.1, -0.05) is 41.9 Å². The van der Waals surface area contributed by atoms with Crippen molar-refractivity contribution in [3.05, 3.63) is 64.1 Å². The van der Waals surface area contributed by atoms with Crippen LogP contribution in [-0.2, 0) is 9.84 Å². The molecule has 8 heteroatoms. The Labute approximate surface area is 179 Å². The molecule has 0 saturated carbocycles. The van der Waals surface area contributed by atoms with Gasteiger partial charge in [0.25, 0.3) is 0 Å². The number of benzene rings is 2. The highest BCUT2D eigenvalue weighted by Crippen LogP contribution is 2.25. The average molecular weight is 479 g/mol. The maximum Gasteiger partial charge on any atom is 0.412 e. The summed E-state index contributed by atoms with van der Waals surface area (Å²) in [6, 6.07) is 14.6. The van der Waals surface area contributed by atoms with Crippen LogP contribution in [0.5, 0.6) is 5.75 Å². The molecule has 1 unspecified atom stereocenters. The van der Waals surface area contributed by atoms with Crippen molar-refractivity contribution in [2.45, 2.75) is 32.1 Å². The molecule has 0 aliphatic rings. The van der Waals surface area contributed by atoms with Crippen LogP contribution in [0.15, 0.2) is 53.0 Å². The average Bonchev–Trinajstić information content (AvgIpc) is 2.68. The molecule has 0 aromatic heterocycles. The second kappa shape index (κ2) is 9.90. The summed E-state index contributed by atoms with van der Waals surface area (Å²) in [5, 5.41) is 10.8. The van der Waals surface area contributed by atoms with Crippen LogP contribution < -0.4 is 10.1 Å². The van der Waals surface area contributed by atoms with Gasteiger partial charge in [0.1, 0.15) is 5.75 Å². The van der Waals surface area contributed by atoms with Crippen LogP contribution in [0.25, 0.3) is 0 Å². The third-order valence-corrected chi connectivity index (χ3v) is 7.29. The molecule has 2 rings (SSSR count). The molecule has 29 heavy (non-hydrogen) atoms. The highest BCUT2D eigenvalue weighted by molar-refractivity contribution is 9.10. The quantitative estimate of drug-likeness (QED) is 0.626. The van der Waals surface area contributed by atoms with Gasteiger partial charge in [0, 0.05) is 10.5 Å². The van der Waals surface area contributed by atoms with Crippen LogP contribution in [-0.4, -0.2) is 26.3 Å². The lowest BCUT2D eigenvalue weighted by Gasteiger charge is -2.24. The van der Waals surface area contributed by atoms with Gasteiger partial charge in [-0.3, -0.25) is 0 Å². The highest BCUT2D eigenvalue weighted by atomic mass is 79.9. The minimum Gasteiger partial charge on any atom is -0.410 e. The van der Waals surface area contributed by atoms with Gasteiger partial charge in [-0.15, -0.1) is 0 Å². The Balaban J connectivity index is 2.08. The molecule has 0 saturated heterocycles. The smallest absolute Gasteiger partial charge is 0.410 e. The van der Waals surface area contributed by atoms with Crippen molar-refractivity contribution in [1.82, 2.24) is 5.32 Å². The van der Waals surface area contributed by atoms with E-state index in [9.17, 15) is 13.2 Å². The number of nitrogens with one attached hydrogen (secondary N) is 1. The van der Waals surface area contributed by atoms with E-state index in [4.69, 9.17) is 10.00 Å². The van der Waals surface area contributed by atoms with Crippen LogP contribution >= 0.6 is 15.9 Å². The number of carbonyl (C=O) groups excluding carboxylic acids is 1. The first-order valence-corrected chi connectivity index (χ1v) is 11.6. The molecule has 0 bridgehead atoms. The third-order valence-electron chi connectivity index (χ3n) is 4.59. The lowest BCUT2D eigenvalue weighted by atomic mass is 10.1.